The van der Waals surface area contributed by atoms with Gasteiger partial charge < -0.3 is 20.9 Å². The van der Waals surface area contributed by atoms with Gasteiger partial charge in [-0.15, -0.1) is 0 Å². The fourth-order valence-electron chi connectivity index (χ4n) is 7.16. The number of aliphatic carboxylic acids is 1. The number of esters is 1. The fraction of sp³-hybridized carbons (Fsp3) is 0.784. The van der Waals surface area contributed by atoms with E-state index in [0.717, 1.165) is 83.5 Å². The van der Waals surface area contributed by atoms with E-state index in [0.29, 0.717) is 32.2 Å². The molecule has 2 unspecified atom stereocenters. The Morgan fingerprint density at radius 2 is 0.914 bits per heavy atom. The molecule has 1 amide bonds. The summed E-state index contributed by atoms with van der Waals surface area (Å²) in [6.45, 7) is 4.92. The second-order valence-corrected chi connectivity index (χ2v) is 16.5. The maximum Gasteiger partial charge on any atom is 0.326 e. The molecular formula is C51H92N2O5. The average Bonchev–Trinajstić information content (AvgIpc) is 3.21. The molecule has 336 valence electrons. The summed E-state index contributed by atoms with van der Waals surface area (Å²) in [5, 5.41) is 12.0. The number of unbranched alkanes of at least 4 members (excludes halogenated alkanes) is 22. The highest BCUT2D eigenvalue weighted by Crippen LogP contribution is 2.18. The summed E-state index contributed by atoms with van der Waals surface area (Å²) in [5.74, 6) is -1.26. The van der Waals surface area contributed by atoms with Crippen molar-refractivity contribution in [1.82, 2.24) is 5.32 Å². The van der Waals surface area contributed by atoms with Crippen LogP contribution in [0.4, 0.5) is 0 Å². The lowest BCUT2D eigenvalue weighted by Gasteiger charge is -2.18. The summed E-state index contributed by atoms with van der Waals surface area (Å²) in [6.07, 6.45) is 55.9. The van der Waals surface area contributed by atoms with Gasteiger partial charge in [-0.1, -0.05) is 165 Å². The van der Waals surface area contributed by atoms with Crippen LogP contribution in [-0.2, 0) is 19.1 Å². The van der Waals surface area contributed by atoms with E-state index in [1.165, 1.54) is 116 Å². The van der Waals surface area contributed by atoms with Crippen molar-refractivity contribution < 1.29 is 24.2 Å². The van der Waals surface area contributed by atoms with Gasteiger partial charge >= 0.3 is 11.9 Å². The lowest BCUT2D eigenvalue weighted by Crippen LogP contribution is -2.40. The van der Waals surface area contributed by atoms with Crippen LogP contribution >= 0.6 is 0 Å². The first-order chi connectivity index (χ1) is 28.4. The number of rotatable bonds is 44. The van der Waals surface area contributed by atoms with Crippen LogP contribution in [0.5, 0.6) is 0 Å². The molecule has 2 atom stereocenters. The van der Waals surface area contributed by atoms with Gasteiger partial charge in [0.1, 0.15) is 12.1 Å². The molecule has 0 aromatic rings. The number of carboxylic acid groups (broad SMARTS) is 1. The average molecular weight is 813 g/mol. The molecule has 4 N–H and O–H groups in total. The molecule has 58 heavy (non-hydrogen) atoms. The van der Waals surface area contributed by atoms with E-state index in [4.69, 9.17) is 10.5 Å². The summed E-state index contributed by atoms with van der Waals surface area (Å²) in [4.78, 5) is 36.5. The quantitative estimate of drug-likeness (QED) is 0.0320. The van der Waals surface area contributed by atoms with Crippen molar-refractivity contribution in [3.8, 4) is 0 Å². The molecular weight excluding hydrogens is 721 g/mol. The van der Waals surface area contributed by atoms with Crippen molar-refractivity contribution in [2.24, 2.45) is 5.73 Å². The Hall–Kier alpha value is -2.67. The first-order valence-corrected chi connectivity index (χ1v) is 24.5. The van der Waals surface area contributed by atoms with Gasteiger partial charge in [-0.3, -0.25) is 9.59 Å². The van der Waals surface area contributed by atoms with Crippen LogP contribution < -0.4 is 11.1 Å². The van der Waals surface area contributed by atoms with Crippen molar-refractivity contribution in [2.45, 2.75) is 251 Å². The van der Waals surface area contributed by atoms with Crippen LogP contribution in [0.15, 0.2) is 48.6 Å². The molecule has 7 nitrogen and oxygen atoms in total. The van der Waals surface area contributed by atoms with Gasteiger partial charge in [-0.25, -0.2) is 4.79 Å². The lowest BCUT2D eigenvalue weighted by atomic mass is 10.0. The maximum atomic E-state index is 12.9. The second kappa shape index (κ2) is 45.4. The Morgan fingerprint density at radius 3 is 1.43 bits per heavy atom. The van der Waals surface area contributed by atoms with Crippen molar-refractivity contribution in [3.63, 3.8) is 0 Å². The minimum atomic E-state index is -1.01. The van der Waals surface area contributed by atoms with Gasteiger partial charge in [-0.05, 0) is 116 Å². The highest BCUT2D eigenvalue weighted by Gasteiger charge is 2.19. The zero-order valence-corrected chi connectivity index (χ0v) is 37.9. The van der Waals surface area contributed by atoms with Crippen LogP contribution in [0.25, 0.3) is 0 Å². The smallest absolute Gasteiger partial charge is 0.326 e. The Kier molecular flexibility index (Phi) is 43.3. The minimum absolute atomic E-state index is 0.0339. The number of ether oxygens (including phenoxy) is 1. The van der Waals surface area contributed by atoms with Crippen LogP contribution in [-0.4, -0.2) is 41.6 Å². The van der Waals surface area contributed by atoms with Gasteiger partial charge in [0, 0.05) is 12.8 Å². The van der Waals surface area contributed by atoms with E-state index in [9.17, 15) is 19.5 Å². The van der Waals surface area contributed by atoms with Crippen molar-refractivity contribution in [2.75, 3.05) is 6.54 Å². The summed E-state index contributed by atoms with van der Waals surface area (Å²) in [7, 11) is 0. The summed E-state index contributed by atoms with van der Waals surface area (Å²) in [5.41, 5.74) is 5.49. The zero-order chi connectivity index (χ0) is 42.4. The van der Waals surface area contributed by atoms with E-state index in [1.807, 2.05) is 0 Å². The van der Waals surface area contributed by atoms with Crippen molar-refractivity contribution in [3.05, 3.63) is 48.6 Å². The topological polar surface area (TPSA) is 119 Å². The van der Waals surface area contributed by atoms with Gasteiger partial charge in [0.05, 0.1) is 0 Å². The van der Waals surface area contributed by atoms with E-state index in [1.54, 1.807) is 0 Å². The lowest BCUT2D eigenvalue weighted by molar-refractivity contribution is -0.150. The summed E-state index contributed by atoms with van der Waals surface area (Å²) >= 11 is 0. The van der Waals surface area contributed by atoms with Gasteiger partial charge in [0.25, 0.3) is 0 Å². The Bertz CT molecular complexity index is 1050. The van der Waals surface area contributed by atoms with Gasteiger partial charge in [0.2, 0.25) is 5.91 Å². The number of carbonyl (C=O) groups excluding carboxylic acids is 2. The summed E-state index contributed by atoms with van der Waals surface area (Å²) < 4.78 is 6.05. The maximum absolute atomic E-state index is 12.9. The highest BCUT2D eigenvalue weighted by atomic mass is 16.5. The largest absolute Gasteiger partial charge is 0.480 e. The highest BCUT2D eigenvalue weighted by molar-refractivity contribution is 5.83. The number of carbonyl (C=O) groups is 3. The number of amides is 1. The molecule has 7 heteroatoms. The monoisotopic (exact) mass is 813 g/mol. The van der Waals surface area contributed by atoms with Gasteiger partial charge in [-0.2, -0.15) is 0 Å². The molecule has 0 aliphatic heterocycles. The van der Waals surface area contributed by atoms with E-state index in [-0.39, 0.29) is 18.0 Å². The fourth-order valence-corrected chi connectivity index (χ4v) is 7.16. The van der Waals surface area contributed by atoms with E-state index >= 15 is 0 Å². The first kappa shape index (κ1) is 55.3. The Labute approximate surface area is 358 Å². The standard InChI is InChI=1S/C51H92N2O5/c1-3-5-7-9-11-13-15-17-18-19-20-21-22-24-26-28-30-35-39-45-50(55)58-47(41-36-32-29-27-25-23-16-14-12-10-8-6-4-2)42-37-33-31-34-38-44-49(54)53-48(51(56)57)43-40-46-52/h11,13,16-18,23,27,29,47-48H,3-10,12,14-15,19-22,24-26,28,30-46,52H2,1-2H3,(H,53,54)(H,56,57)/b13-11-,18-17-,23-16-,29-27-. The molecule has 0 spiro atoms. The third-order valence-electron chi connectivity index (χ3n) is 10.9. The molecule has 0 saturated heterocycles. The van der Waals surface area contributed by atoms with Crippen LogP contribution in [0.3, 0.4) is 0 Å². The Balaban J connectivity index is 4.33. The molecule has 0 radical (unpaired) electrons. The third-order valence-corrected chi connectivity index (χ3v) is 10.9. The van der Waals surface area contributed by atoms with E-state index in [2.05, 4.69) is 67.8 Å². The SMILES string of the molecule is CCCCC/C=C\C/C=C\CCCCCCCCCCCC(=O)OC(CCC/C=C\C/C=C\CCCCCCC)CCCCCCCC(=O)NC(CCCN)C(=O)O. The van der Waals surface area contributed by atoms with Crippen molar-refractivity contribution in [1.29, 1.82) is 0 Å². The number of allylic oxidation sites excluding steroid dienone is 8. The molecule has 0 aromatic carbocycles. The van der Waals surface area contributed by atoms with E-state index < -0.39 is 12.0 Å². The van der Waals surface area contributed by atoms with Crippen molar-refractivity contribution >= 4 is 17.8 Å². The molecule has 0 aliphatic carbocycles. The molecule has 0 saturated carbocycles. The molecule has 0 aromatic heterocycles. The van der Waals surface area contributed by atoms with Crippen LogP contribution in [0.1, 0.15) is 239 Å². The predicted octanol–water partition coefficient (Wildman–Crippen LogP) is 14.3. The van der Waals surface area contributed by atoms with Gasteiger partial charge in [0.15, 0.2) is 0 Å². The number of hydrogen-bond acceptors (Lipinski definition) is 5. The van der Waals surface area contributed by atoms with Crippen LogP contribution in [0.2, 0.25) is 0 Å². The number of hydrogen-bond donors (Lipinski definition) is 3. The molecule has 0 heterocycles. The predicted molar refractivity (Wildman–Crippen MR) is 248 cm³/mol. The Morgan fingerprint density at radius 1 is 0.500 bits per heavy atom. The first-order valence-electron chi connectivity index (χ1n) is 24.5. The number of nitrogens with two attached hydrogens (primary N) is 1. The zero-order valence-electron chi connectivity index (χ0n) is 37.9. The normalized spacial score (nSPS) is 13.0. The number of carboxylic acids is 1. The molecule has 0 aliphatic rings. The second-order valence-electron chi connectivity index (χ2n) is 16.5. The van der Waals surface area contributed by atoms with Crippen LogP contribution in [0, 0.1) is 0 Å². The molecule has 0 fully saturated rings. The third kappa shape index (κ3) is 41.5. The number of nitrogens with one attached hydrogen (secondary N) is 1. The molecule has 0 bridgehead atoms. The minimum Gasteiger partial charge on any atom is -0.480 e. The summed E-state index contributed by atoms with van der Waals surface area (Å²) in [6, 6.07) is -0.862. The molecule has 0 rings (SSSR count).